The number of nitrogens with zero attached hydrogens (tertiary/aromatic N) is 4. The van der Waals surface area contributed by atoms with E-state index in [1.807, 2.05) is 38.1 Å². The van der Waals surface area contributed by atoms with Crippen LogP contribution in [-0.2, 0) is 33.1 Å². The van der Waals surface area contributed by atoms with Crippen LogP contribution in [-0.4, -0.2) is 25.9 Å². The summed E-state index contributed by atoms with van der Waals surface area (Å²) in [5.41, 5.74) is 17.1. The Bertz CT molecular complexity index is 2420. The van der Waals surface area contributed by atoms with Gasteiger partial charge < -0.3 is 11.5 Å². The van der Waals surface area contributed by atoms with Crippen molar-refractivity contribution in [2.45, 2.75) is 36.5 Å². The molecule has 0 fully saturated rings. The molecule has 0 aliphatic rings. The fraction of sp³-hybridized carbons (Fsp3) is 0.111. The molecule has 0 unspecified atom stereocenters. The molecule has 0 spiro atoms. The zero-order valence-corrected chi connectivity index (χ0v) is 28.6. The zero-order valence-electron chi connectivity index (χ0n) is 26.9. The molecule has 50 heavy (non-hydrogen) atoms. The Balaban J connectivity index is 1.35. The van der Waals surface area contributed by atoms with Crippen LogP contribution in [0.3, 0.4) is 0 Å². The lowest BCUT2D eigenvalue weighted by Gasteiger charge is -2.14. The molecule has 0 saturated carbocycles. The van der Waals surface area contributed by atoms with Gasteiger partial charge in [0.1, 0.15) is 21.2 Å². The van der Waals surface area contributed by atoms with Gasteiger partial charge in [0.15, 0.2) is 0 Å². The Morgan fingerprint density at radius 3 is 1.28 bits per heavy atom. The van der Waals surface area contributed by atoms with Crippen LogP contribution in [0, 0.1) is 0 Å². The summed E-state index contributed by atoms with van der Waals surface area (Å²) >= 11 is 0. The van der Waals surface area contributed by atoms with Crippen LogP contribution in [0.15, 0.2) is 127 Å². The lowest BCUT2D eigenvalue weighted by Crippen LogP contribution is -2.01. The van der Waals surface area contributed by atoms with Gasteiger partial charge in [-0.05, 0) is 82.3 Å². The molecule has 6 aromatic rings. The Morgan fingerprint density at radius 1 is 0.540 bits per heavy atom. The highest BCUT2D eigenvalue weighted by atomic mass is 32.2. The predicted molar refractivity (Wildman–Crippen MR) is 195 cm³/mol. The topological polar surface area (TPSA) is 210 Å². The van der Waals surface area contributed by atoms with Gasteiger partial charge in [-0.3, -0.25) is 9.11 Å². The molecule has 0 amide bonds. The highest BCUT2D eigenvalue weighted by Crippen LogP contribution is 2.41. The molecule has 0 aliphatic carbocycles. The third kappa shape index (κ3) is 6.69. The minimum Gasteiger partial charge on any atom is -0.396 e. The Hall–Kier alpha value is -5.54. The molecule has 0 bridgehead atoms. The summed E-state index contributed by atoms with van der Waals surface area (Å²) in [6, 6.07) is 27.4. The van der Waals surface area contributed by atoms with Gasteiger partial charge in [-0.1, -0.05) is 74.5 Å². The number of azo groups is 2. The average Bonchev–Trinajstić information content (AvgIpc) is 3.09. The van der Waals surface area contributed by atoms with Crippen LogP contribution >= 0.6 is 0 Å². The molecule has 12 nitrogen and oxygen atoms in total. The number of hydrogen-bond acceptors (Lipinski definition) is 10. The Kier molecular flexibility index (Phi) is 9.20. The van der Waals surface area contributed by atoms with E-state index in [0.717, 1.165) is 22.3 Å². The fourth-order valence-corrected chi connectivity index (χ4v) is 7.23. The first kappa shape index (κ1) is 34.3. The van der Waals surface area contributed by atoms with Gasteiger partial charge in [-0.2, -0.15) is 27.1 Å². The minimum absolute atomic E-state index is 0.0779. The van der Waals surface area contributed by atoms with Crippen LogP contribution in [0.5, 0.6) is 0 Å². The van der Waals surface area contributed by atoms with Crippen molar-refractivity contribution < 1.29 is 25.9 Å². The van der Waals surface area contributed by atoms with E-state index in [-0.39, 0.29) is 22.7 Å². The highest BCUT2D eigenvalue weighted by Gasteiger charge is 2.22. The average molecular weight is 709 g/mol. The van der Waals surface area contributed by atoms with E-state index in [1.54, 1.807) is 60.7 Å². The first-order valence-corrected chi connectivity index (χ1v) is 18.3. The molecule has 254 valence electrons. The van der Waals surface area contributed by atoms with E-state index in [4.69, 9.17) is 11.5 Å². The second-order valence-electron chi connectivity index (χ2n) is 11.5. The molecular formula is C36H32N6O6S2. The smallest absolute Gasteiger partial charge is 0.296 e. The molecule has 0 radical (unpaired) electrons. The molecule has 6 N–H and O–H groups in total. The third-order valence-electron chi connectivity index (χ3n) is 8.37. The van der Waals surface area contributed by atoms with Gasteiger partial charge in [0.2, 0.25) is 0 Å². The molecule has 0 aromatic heterocycles. The second-order valence-corrected chi connectivity index (χ2v) is 14.2. The first-order chi connectivity index (χ1) is 23.8. The summed E-state index contributed by atoms with van der Waals surface area (Å²) in [6.45, 7) is 3.99. The van der Waals surface area contributed by atoms with Crippen molar-refractivity contribution in [3.63, 3.8) is 0 Å². The van der Waals surface area contributed by atoms with Crippen LogP contribution in [0.4, 0.5) is 34.1 Å². The molecule has 6 aromatic carbocycles. The molecular weight excluding hydrogens is 677 g/mol. The fourth-order valence-electron chi connectivity index (χ4n) is 5.89. The molecule has 0 heterocycles. The maximum Gasteiger partial charge on any atom is 0.296 e. The monoisotopic (exact) mass is 708 g/mol. The van der Waals surface area contributed by atoms with Gasteiger partial charge in [0.05, 0.1) is 22.7 Å². The van der Waals surface area contributed by atoms with E-state index in [2.05, 4.69) is 20.5 Å². The van der Waals surface area contributed by atoms with Gasteiger partial charge in [-0.25, -0.2) is 0 Å². The van der Waals surface area contributed by atoms with Crippen molar-refractivity contribution >= 4 is 75.9 Å². The van der Waals surface area contributed by atoms with Crippen LogP contribution < -0.4 is 11.5 Å². The number of rotatable bonds is 9. The number of benzene rings is 6. The predicted octanol–water partition coefficient (Wildman–Crippen LogP) is 9.27. The van der Waals surface area contributed by atoms with E-state index < -0.39 is 30.0 Å². The summed E-state index contributed by atoms with van der Waals surface area (Å²) in [6.07, 6.45) is 1.27. The van der Waals surface area contributed by atoms with Gasteiger partial charge in [0.25, 0.3) is 20.2 Å². The van der Waals surface area contributed by atoms with Crippen molar-refractivity contribution in [2.75, 3.05) is 11.5 Å². The summed E-state index contributed by atoms with van der Waals surface area (Å²) in [5.74, 6) is 0. The van der Waals surface area contributed by atoms with Crippen molar-refractivity contribution in [3.05, 3.63) is 108 Å². The van der Waals surface area contributed by atoms with E-state index in [1.165, 1.54) is 12.1 Å². The minimum atomic E-state index is -4.65. The number of aryl methyl sites for hydroxylation is 2. The highest BCUT2D eigenvalue weighted by molar-refractivity contribution is 7.86. The molecule has 0 atom stereocenters. The van der Waals surface area contributed by atoms with Crippen molar-refractivity contribution in [2.24, 2.45) is 20.5 Å². The SMILES string of the molecule is CCc1cc(/N=N/c2c(S(=O)(=O)O)cc3ccccc3c2N)ccc1-c1ccc(/N=N/c2c(S(=O)(=O)O)cc3ccccc3c2N)cc1CC. The second kappa shape index (κ2) is 13.4. The lowest BCUT2D eigenvalue weighted by atomic mass is 9.92. The largest absolute Gasteiger partial charge is 0.396 e. The quantitative estimate of drug-likeness (QED) is 0.0644. The van der Waals surface area contributed by atoms with E-state index in [9.17, 15) is 25.9 Å². The van der Waals surface area contributed by atoms with E-state index in [0.29, 0.717) is 45.8 Å². The van der Waals surface area contributed by atoms with Gasteiger partial charge in [-0.15, -0.1) is 10.2 Å². The summed E-state index contributed by atoms with van der Waals surface area (Å²) in [4.78, 5) is -0.876. The summed E-state index contributed by atoms with van der Waals surface area (Å²) < 4.78 is 68.7. The van der Waals surface area contributed by atoms with Crippen LogP contribution in [0.2, 0.25) is 0 Å². The van der Waals surface area contributed by atoms with Crippen LogP contribution in [0.1, 0.15) is 25.0 Å². The zero-order chi connectivity index (χ0) is 35.8. The summed E-state index contributed by atoms with van der Waals surface area (Å²) in [5, 5.41) is 19.2. The van der Waals surface area contributed by atoms with Gasteiger partial charge >= 0.3 is 0 Å². The normalized spacial score (nSPS) is 12.5. The molecule has 0 aliphatic heterocycles. The first-order valence-electron chi connectivity index (χ1n) is 15.5. The van der Waals surface area contributed by atoms with Crippen molar-refractivity contribution in [1.29, 1.82) is 0 Å². The maximum absolute atomic E-state index is 12.2. The maximum atomic E-state index is 12.2. The van der Waals surface area contributed by atoms with Crippen molar-refractivity contribution in [3.8, 4) is 11.1 Å². The number of nitrogen functional groups attached to an aromatic ring is 2. The Morgan fingerprint density at radius 2 is 0.920 bits per heavy atom. The molecule has 6 rings (SSSR count). The molecule has 0 saturated heterocycles. The number of nitrogens with two attached hydrogens (primary N) is 2. The van der Waals surface area contributed by atoms with Crippen molar-refractivity contribution in [1.82, 2.24) is 0 Å². The standard InChI is InChI=1S/C36H32N6O6S2/c1-3-21-17-25(39-41-35-31(49(43,44)45)19-23-9-5-7-11-29(23)33(35)37)13-15-27(21)28-16-14-26(18-22(28)4-2)40-42-36-32(50(46,47)48)20-24-10-6-8-12-30(24)34(36)38/h5-20H,3-4,37-38H2,1-2H3,(H,43,44,45)(H,46,47,48)/b41-39+,42-40+. The van der Waals surface area contributed by atoms with Gasteiger partial charge in [0, 0.05) is 10.8 Å². The van der Waals surface area contributed by atoms with Crippen LogP contribution in [0.25, 0.3) is 32.7 Å². The third-order valence-corrected chi connectivity index (χ3v) is 10.1. The number of anilines is 2. The van der Waals surface area contributed by atoms with E-state index >= 15 is 0 Å². The summed E-state index contributed by atoms with van der Waals surface area (Å²) in [7, 11) is -9.30. The number of fused-ring (bicyclic) bond motifs is 2. The Labute approximate surface area is 288 Å². The lowest BCUT2D eigenvalue weighted by molar-refractivity contribution is 0.481. The number of hydrogen-bond donors (Lipinski definition) is 4. The molecule has 14 heteroatoms.